The van der Waals surface area contributed by atoms with Crippen molar-refractivity contribution in [1.82, 2.24) is 5.32 Å². The van der Waals surface area contributed by atoms with Gasteiger partial charge in [-0.1, -0.05) is 71.9 Å². The fourth-order valence-corrected chi connectivity index (χ4v) is 5.43. The molecular weight excluding hydrogens is 504 g/mol. The van der Waals surface area contributed by atoms with Crippen LogP contribution in [0.4, 0.5) is 5.69 Å². The van der Waals surface area contributed by atoms with Crippen molar-refractivity contribution in [3.05, 3.63) is 105 Å². The number of amides is 1. The number of rotatable bonds is 8. The van der Waals surface area contributed by atoms with Crippen LogP contribution in [0.3, 0.4) is 0 Å². The Morgan fingerprint density at radius 2 is 1.84 bits per heavy atom. The number of nitrogens with one attached hydrogen (secondary N) is 2. The van der Waals surface area contributed by atoms with Crippen LogP contribution in [0.1, 0.15) is 23.6 Å². The molecule has 1 heterocycles. The van der Waals surface area contributed by atoms with Crippen LogP contribution in [0.25, 0.3) is 16.8 Å². The topological polar surface area (TPSA) is 59.6 Å². The van der Waals surface area contributed by atoms with Crippen LogP contribution < -0.4 is 20.1 Å². The molecule has 1 aliphatic rings. The van der Waals surface area contributed by atoms with E-state index < -0.39 is 0 Å². The van der Waals surface area contributed by atoms with Gasteiger partial charge in [0.15, 0.2) is 17.0 Å². The molecule has 5 nitrogen and oxygen atoms in total. The van der Waals surface area contributed by atoms with Gasteiger partial charge < -0.3 is 20.1 Å². The fourth-order valence-electron chi connectivity index (χ4n) is 4.22. The molecule has 4 aromatic carbocycles. The largest absolute Gasteiger partial charge is 0.490 e. The number of carbonyl (C=O) groups excluding carboxylic acids is 1. The van der Waals surface area contributed by atoms with E-state index in [0.717, 1.165) is 22.4 Å². The van der Waals surface area contributed by atoms with E-state index >= 15 is 0 Å². The van der Waals surface area contributed by atoms with Crippen molar-refractivity contribution in [2.24, 2.45) is 0 Å². The second-order valence-electron chi connectivity index (χ2n) is 8.65. The summed E-state index contributed by atoms with van der Waals surface area (Å²) in [6.07, 6.45) is 1.87. The minimum Gasteiger partial charge on any atom is -0.490 e. The van der Waals surface area contributed by atoms with Gasteiger partial charge in [-0.15, -0.1) is 0 Å². The van der Waals surface area contributed by atoms with Crippen LogP contribution in [-0.2, 0) is 11.4 Å². The lowest BCUT2D eigenvalue weighted by atomic mass is 10.1. The Labute approximate surface area is 225 Å². The molecule has 0 aliphatic carbocycles. The highest BCUT2D eigenvalue weighted by atomic mass is 35.5. The maximum atomic E-state index is 12.6. The minimum atomic E-state index is -0.270. The van der Waals surface area contributed by atoms with Crippen LogP contribution in [0, 0.1) is 6.92 Å². The molecule has 1 aliphatic heterocycles. The van der Waals surface area contributed by atoms with E-state index in [1.165, 1.54) is 22.5 Å². The van der Waals surface area contributed by atoms with E-state index in [1.54, 1.807) is 0 Å². The van der Waals surface area contributed by atoms with Crippen LogP contribution in [0.5, 0.6) is 11.5 Å². The van der Waals surface area contributed by atoms with Crippen LogP contribution >= 0.6 is 23.4 Å². The van der Waals surface area contributed by atoms with E-state index in [2.05, 4.69) is 34.9 Å². The molecule has 0 aromatic heterocycles. The zero-order valence-electron chi connectivity index (χ0n) is 20.6. The lowest BCUT2D eigenvalue weighted by Gasteiger charge is -2.15. The van der Waals surface area contributed by atoms with Gasteiger partial charge in [0.25, 0.3) is 5.91 Å². The first kappa shape index (κ1) is 25.1. The first-order valence-corrected chi connectivity index (χ1v) is 13.3. The molecule has 188 valence electrons. The second kappa shape index (κ2) is 11.2. The Morgan fingerprint density at radius 3 is 2.68 bits per heavy atom. The monoisotopic (exact) mass is 530 g/mol. The number of hydrogen-bond acceptors (Lipinski definition) is 5. The second-order valence-corrected chi connectivity index (χ2v) is 10.2. The molecule has 1 fully saturated rings. The molecule has 0 saturated carbocycles. The smallest absolute Gasteiger partial charge is 0.260 e. The normalized spacial score (nSPS) is 16.1. The summed E-state index contributed by atoms with van der Waals surface area (Å²) in [4.78, 5) is 13.3. The summed E-state index contributed by atoms with van der Waals surface area (Å²) in [5, 5.41) is 9.37. The van der Waals surface area contributed by atoms with Gasteiger partial charge in [-0.2, -0.15) is 0 Å². The van der Waals surface area contributed by atoms with Gasteiger partial charge in [-0.3, -0.25) is 4.79 Å². The quantitative estimate of drug-likeness (QED) is 0.233. The Morgan fingerprint density at radius 1 is 1.00 bits per heavy atom. The number of fused-ring (bicyclic) bond motifs is 1. The van der Waals surface area contributed by atoms with Crippen molar-refractivity contribution < 1.29 is 14.3 Å². The number of halogens is 1. The van der Waals surface area contributed by atoms with Crippen LogP contribution in [0.2, 0.25) is 5.02 Å². The molecule has 2 N–H and O–H groups in total. The SMILES string of the molecule is CCOc1cc(/C=C2\SC(Nc3ccc(Cl)cc3C)NC2=O)ccc1OCc1cccc2ccccc12. The van der Waals surface area contributed by atoms with Crippen molar-refractivity contribution in [1.29, 1.82) is 0 Å². The Bertz CT molecular complexity index is 1480. The summed E-state index contributed by atoms with van der Waals surface area (Å²) in [6, 6.07) is 25.9. The third-order valence-corrected chi connectivity index (χ3v) is 7.30. The Hall–Kier alpha value is -3.61. The third-order valence-electron chi connectivity index (χ3n) is 6.03. The minimum absolute atomic E-state index is 0.122. The molecular formula is C30H27ClN2O3S. The molecule has 0 spiro atoms. The first-order valence-electron chi connectivity index (χ1n) is 12.1. The summed E-state index contributed by atoms with van der Waals surface area (Å²) < 4.78 is 12.1. The van der Waals surface area contributed by atoms with Gasteiger partial charge in [-0.25, -0.2) is 0 Å². The molecule has 1 atom stereocenters. The van der Waals surface area contributed by atoms with Crippen molar-refractivity contribution in [2.45, 2.75) is 26.0 Å². The lowest BCUT2D eigenvalue weighted by molar-refractivity contribution is -0.116. The standard InChI is InChI=1S/C30H27ClN2O3S/c1-3-35-27-16-20(11-14-26(27)36-18-22-9-6-8-21-7-4-5-10-24(21)22)17-28-29(34)33-30(37-28)32-25-13-12-23(31)15-19(25)2/h4-17,30,32H,3,18H2,1-2H3,(H,33,34)/b28-17-. The van der Waals surface area contributed by atoms with Crippen molar-refractivity contribution in [2.75, 3.05) is 11.9 Å². The zero-order valence-corrected chi connectivity index (χ0v) is 22.2. The third kappa shape index (κ3) is 5.87. The number of aryl methyl sites for hydroxylation is 1. The molecule has 1 amide bonds. The molecule has 37 heavy (non-hydrogen) atoms. The Balaban J connectivity index is 1.31. The number of ether oxygens (including phenoxy) is 2. The first-order chi connectivity index (χ1) is 18.0. The molecule has 0 radical (unpaired) electrons. The van der Waals surface area contributed by atoms with Crippen LogP contribution in [-0.4, -0.2) is 18.0 Å². The summed E-state index contributed by atoms with van der Waals surface area (Å²) in [7, 11) is 0. The summed E-state index contributed by atoms with van der Waals surface area (Å²) in [5.74, 6) is 1.19. The van der Waals surface area contributed by atoms with Gasteiger partial charge in [0.1, 0.15) is 6.61 Å². The van der Waals surface area contributed by atoms with E-state index in [4.69, 9.17) is 21.1 Å². The number of thioether (sulfide) groups is 1. The molecule has 1 unspecified atom stereocenters. The number of benzene rings is 4. The van der Waals surface area contributed by atoms with E-state index in [9.17, 15) is 4.79 Å². The highest BCUT2D eigenvalue weighted by molar-refractivity contribution is 8.05. The van der Waals surface area contributed by atoms with E-state index in [0.29, 0.717) is 34.6 Å². The van der Waals surface area contributed by atoms with Gasteiger partial charge in [-0.05, 0) is 77.7 Å². The van der Waals surface area contributed by atoms with E-state index in [-0.39, 0.29) is 11.4 Å². The highest BCUT2D eigenvalue weighted by Gasteiger charge is 2.27. The summed E-state index contributed by atoms with van der Waals surface area (Å²) in [5.41, 5.74) is 3.64. The maximum absolute atomic E-state index is 12.6. The fraction of sp³-hybridized carbons (Fsp3) is 0.167. The molecule has 5 rings (SSSR count). The summed E-state index contributed by atoms with van der Waals surface area (Å²) in [6.45, 7) is 4.85. The molecule has 7 heteroatoms. The lowest BCUT2D eigenvalue weighted by Crippen LogP contribution is -2.31. The Kier molecular flexibility index (Phi) is 7.58. The predicted octanol–water partition coefficient (Wildman–Crippen LogP) is 7.38. The zero-order chi connectivity index (χ0) is 25.8. The predicted molar refractivity (Wildman–Crippen MR) is 153 cm³/mol. The van der Waals surface area contributed by atoms with Gasteiger partial charge in [0.05, 0.1) is 11.5 Å². The number of hydrogen-bond donors (Lipinski definition) is 2. The van der Waals surface area contributed by atoms with Crippen molar-refractivity contribution in [3.8, 4) is 11.5 Å². The highest BCUT2D eigenvalue weighted by Crippen LogP contribution is 2.34. The maximum Gasteiger partial charge on any atom is 0.260 e. The number of anilines is 1. The van der Waals surface area contributed by atoms with Crippen molar-refractivity contribution >= 4 is 51.8 Å². The molecule has 0 bridgehead atoms. The molecule has 1 saturated heterocycles. The molecule has 4 aromatic rings. The van der Waals surface area contributed by atoms with Gasteiger partial charge >= 0.3 is 0 Å². The van der Waals surface area contributed by atoms with Crippen molar-refractivity contribution in [3.63, 3.8) is 0 Å². The van der Waals surface area contributed by atoms with E-state index in [1.807, 2.05) is 74.5 Å². The van der Waals surface area contributed by atoms with Gasteiger partial charge in [0.2, 0.25) is 0 Å². The van der Waals surface area contributed by atoms with Crippen LogP contribution in [0.15, 0.2) is 83.8 Å². The number of carbonyl (C=O) groups is 1. The average molecular weight is 531 g/mol. The average Bonchev–Trinajstić information content (AvgIpc) is 3.23. The summed E-state index contributed by atoms with van der Waals surface area (Å²) >= 11 is 7.50. The van der Waals surface area contributed by atoms with Gasteiger partial charge in [0, 0.05) is 10.7 Å².